The highest BCUT2D eigenvalue weighted by atomic mass is 79.9. The predicted octanol–water partition coefficient (Wildman–Crippen LogP) is 5.26. The van der Waals surface area contributed by atoms with E-state index in [1.165, 1.54) is 11.1 Å². The van der Waals surface area contributed by atoms with Crippen molar-refractivity contribution in [1.82, 2.24) is 14.9 Å². The average Bonchev–Trinajstić information content (AvgIpc) is 2.97. The molecule has 6 nitrogen and oxygen atoms in total. The van der Waals surface area contributed by atoms with Gasteiger partial charge in [0.2, 0.25) is 5.95 Å². The van der Waals surface area contributed by atoms with Crippen molar-refractivity contribution in [2.24, 2.45) is 0 Å². The maximum absolute atomic E-state index is 12.0. The number of cyclic esters (lactones) is 1. The molecule has 158 valence electrons. The first-order valence-corrected chi connectivity index (χ1v) is 11.1. The van der Waals surface area contributed by atoms with Gasteiger partial charge in [-0.15, -0.1) is 0 Å². The summed E-state index contributed by atoms with van der Waals surface area (Å²) < 4.78 is 6.40. The Morgan fingerprint density at radius 3 is 2.84 bits per heavy atom. The standard InChI is InChI=1S/C24H23BrN4O2/c1-24(2)19-12-17(4-5-18(19)22(30)31-24)27-23-26-13-16-10-15(11-20(25)21(16)28-23)14-6-8-29(3)9-7-14/h4-6,10-13H,7-9H2,1-3H3,(H,26,27,28). The molecular formula is C24H23BrN4O2. The molecule has 0 aliphatic carbocycles. The van der Waals surface area contributed by atoms with E-state index >= 15 is 0 Å². The Bertz CT molecular complexity index is 1250. The number of halogens is 1. The normalized spacial score (nSPS) is 17.9. The fourth-order valence-corrected chi connectivity index (χ4v) is 4.71. The van der Waals surface area contributed by atoms with Gasteiger partial charge in [-0.2, -0.15) is 0 Å². The van der Waals surface area contributed by atoms with Crippen LogP contribution < -0.4 is 5.32 Å². The lowest BCUT2D eigenvalue weighted by molar-refractivity contribution is 0.00955. The molecule has 3 heterocycles. The molecule has 1 aromatic heterocycles. The van der Waals surface area contributed by atoms with Crippen LogP contribution in [0.3, 0.4) is 0 Å². The molecule has 0 bridgehead atoms. The van der Waals surface area contributed by atoms with Crippen molar-refractivity contribution in [3.8, 4) is 0 Å². The van der Waals surface area contributed by atoms with Crippen LogP contribution in [0.25, 0.3) is 16.5 Å². The lowest BCUT2D eigenvalue weighted by atomic mass is 9.95. The second kappa shape index (κ2) is 7.43. The van der Waals surface area contributed by atoms with Crippen LogP contribution in [0.4, 0.5) is 11.6 Å². The molecule has 0 amide bonds. The number of hydrogen-bond donors (Lipinski definition) is 1. The van der Waals surface area contributed by atoms with Crippen LogP contribution in [-0.2, 0) is 10.3 Å². The summed E-state index contributed by atoms with van der Waals surface area (Å²) in [5.41, 5.74) is 5.07. The van der Waals surface area contributed by atoms with Gasteiger partial charge in [0.25, 0.3) is 0 Å². The van der Waals surface area contributed by atoms with E-state index in [4.69, 9.17) is 9.72 Å². The number of carbonyl (C=O) groups is 1. The van der Waals surface area contributed by atoms with Crippen LogP contribution in [0.2, 0.25) is 0 Å². The number of rotatable bonds is 3. The highest BCUT2D eigenvalue weighted by Gasteiger charge is 2.37. The molecule has 0 saturated heterocycles. The molecule has 0 radical (unpaired) electrons. The van der Waals surface area contributed by atoms with Gasteiger partial charge < -0.3 is 15.0 Å². The molecule has 0 fully saturated rings. The quantitative estimate of drug-likeness (QED) is 0.517. The SMILES string of the molecule is CN1CC=C(c2cc(Br)c3nc(Nc4ccc5c(c4)C(C)(C)OC5=O)ncc3c2)CC1. The van der Waals surface area contributed by atoms with Crippen molar-refractivity contribution in [3.63, 3.8) is 0 Å². The van der Waals surface area contributed by atoms with Gasteiger partial charge in [0.15, 0.2) is 0 Å². The van der Waals surface area contributed by atoms with E-state index in [-0.39, 0.29) is 5.97 Å². The Hall–Kier alpha value is -2.77. The molecule has 0 saturated carbocycles. The lowest BCUT2D eigenvalue weighted by Gasteiger charge is -2.22. The zero-order chi connectivity index (χ0) is 21.8. The molecule has 5 rings (SSSR count). The van der Waals surface area contributed by atoms with Gasteiger partial charge in [-0.3, -0.25) is 0 Å². The first kappa shape index (κ1) is 20.2. The van der Waals surface area contributed by atoms with E-state index in [1.807, 2.05) is 32.2 Å². The molecular weight excluding hydrogens is 456 g/mol. The predicted molar refractivity (Wildman–Crippen MR) is 125 cm³/mol. The van der Waals surface area contributed by atoms with Gasteiger partial charge in [0.1, 0.15) is 5.60 Å². The fourth-order valence-electron chi connectivity index (χ4n) is 4.15. The minimum absolute atomic E-state index is 0.284. The third kappa shape index (κ3) is 3.72. The average molecular weight is 479 g/mol. The maximum atomic E-state index is 12.0. The van der Waals surface area contributed by atoms with E-state index in [0.717, 1.165) is 46.1 Å². The zero-order valence-corrected chi connectivity index (χ0v) is 19.3. The van der Waals surface area contributed by atoms with Crippen molar-refractivity contribution in [2.45, 2.75) is 25.9 Å². The monoisotopic (exact) mass is 478 g/mol. The number of hydrogen-bond acceptors (Lipinski definition) is 6. The second-order valence-corrected chi connectivity index (χ2v) is 9.47. The van der Waals surface area contributed by atoms with E-state index in [9.17, 15) is 4.79 Å². The molecule has 0 unspecified atom stereocenters. The number of likely N-dealkylation sites (N-methyl/N-ethyl adjacent to an activating group) is 1. The summed E-state index contributed by atoms with van der Waals surface area (Å²) in [4.78, 5) is 23.6. The summed E-state index contributed by atoms with van der Waals surface area (Å²) in [6, 6.07) is 9.85. The number of nitrogens with one attached hydrogen (secondary N) is 1. The molecule has 2 aliphatic heterocycles. The minimum Gasteiger partial charge on any atom is -0.451 e. The number of carbonyl (C=O) groups excluding carboxylic acids is 1. The summed E-state index contributed by atoms with van der Waals surface area (Å²) in [5, 5.41) is 4.25. The van der Waals surface area contributed by atoms with Crippen molar-refractivity contribution in [1.29, 1.82) is 0 Å². The van der Waals surface area contributed by atoms with Crippen LogP contribution in [-0.4, -0.2) is 41.0 Å². The van der Waals surface area contributed by atoms with E-state index < -0.39 is 5.60 Å². The highest BCUT2D eigenvalue weighted by Crippen LogP contribution is 2.38. The van der Waals surface area contributed by atoms with Crippen LogP contribution in [0.15, 0.2) is 47.1 Å². The van der Waals surface area contributed by atoms with Crippen LogP contribution in [0.5, 0.6) is 0 Å². The Balaban J connectivity index is 1.45. The number of anilines is 2. The van der Waals surface area contributed by atoms with Gasteiger partial charge in [-0.25, -0.2) is 14.8 Å². The zero-order valence-electron chi connectivity index (χ0n) is 17.7. The van der Waals surface area contributed by atoms with Crippen molar-refractivity contribution in [3.05, 3.63) is 63.8 Å². The number of esters is 1. The first-order valence-electron chi connectivity index (χ1n) is 10.3. The number of fused-ring (bicyclic) bond motifs is 2. The van der Waals surface area contributed by atoms with Crippen molar-refractivity contribution < 1.29 is 9.53 Å². The number of nitrogens with zero attached hydrogens (tertiary/aromatic N) is 3. The van der Waals surface area contributed by atoms with Gasteiger partial charge >= 0.3 is 5.97 Å². The van der Waals surface area contributed by atoms with Crippen molar-refractivity contribution >= 4 is 50.0 Å². The second-order valence-electron chi connectivity index (χ2n) is 8.62. The molecule has 0 atom stereocenters. The Morgan fingerprint density at radius 1 is 1.23 bits per heavy atom. The molecule has 1 N–H and O–H groups in total. The molecule has 2 aliphatic rings. The molecule has 7 heteroatoms. The van der Waals surface area contributed by atoms with Gasteiger partial charge in [-0.05, 0) is 84.7 Å². The van der Waals surface area contributed by atoms with E-state index in [0.29, 0.717) is 11.5 Å². The van der Waals surface area contributed by atoms with Crippen LogP contribution >= 0.6 is 15.9 Å². The third-order valence-electron chi connectivity index (χ3n) is 5.91. The van der Waals surface area contributed by atoms with E-state index in [1.54, 1.807) is 6.07 Å². The summed E-state index contributed by atoms with van der Waals surface area (Å²) >= 11 is 3.70. The molecule has 3 aromatic rings. The van der Waals surface area contributed by atoms with Crippen LogP contribution in [0.1, 0.15) is 41.8 Å². The highest BCUT2D eigenvalue weighted by molar-refractivity contribution is 9.10. The number of ether oxygens (including phenoxy) is 1. The van der Waals surface area contributed by atoms with Gasteiger partial charge in [0, 0.05) is 40.4 Å². The molecule has 2 aromatic carbocycles. The minimum atomic E-state index is -0.642. The van der Waals surface area contributed by atoms with Crippen molar-refractivity contribution in [2.75, 3.05) is 25.5 Å². The summed E-state index contributed by atoms with van der Waals surface area (Å²) in [6.45, 7) is 5.82. The summed E-state index contributed by atoms with van der Waals surface area (Å²) in [7, 11) is 2.14. The fraction of sp³-hybridized carbons (Fsp3) is 0.292. The molecule has 31 heavy (non-hydrogen) atoms. The van der Waals surface area contributed by atoms with Gasteiger partial charge in [0.05, 0.1) is 11.1 Å². The maximum Gasteiger partial charge on any atom is 0.339 e. The Morgan fingerprint density at radius 2 is 2.06 bits per heavy atom. The third-order valence-corrected chi connectivity index (χ3v) is 6.52. The Kier molecular flexibility index (Phi) is 4.83. The number of aromatic nitrogens is 2. The van der Waals surface area contributed by atoms with Gasteiger partial charge in [-0.1, -0.05) is 6.08 Å². The van der Waals surface area contributed by atoms with Crippen LogP contribution in [0, 0.1) is 0 Å². The summed E-state index contributed by atoms with van der Waals surface area (Å²) in [6.07, 6.45) is 5.17. The topological polar surface area (TPSA) is 67.3 Å². The Labute approximate surface area is 189 Å². The first-order chi connectivity index (χ1) is 14.8. The largest absolute Gasteiger partial charge is 0.451 e. The van der Waals surface area contributed by atoms with E-state index in [2.05, 4.69) is 56.4 Å². The summed E-state index contributed by atoms with van der Waals surface area (Å²) in [5.74, 6) is 0.218. The number of benzene rings is 2. The smallest absolute Gasteiger partial charge is 0.339 e. The molecule has 0 spiro atoms. The lowest BCUT2D eigenvalue weighted by Crippen LogP contribution is -2.23.